The lowest BCUT2D eigenvalue weighted by molar-refractivity contribution is -0.384. The van der Waals surface area contributed by atoms with Crippen LogP contribution in [0.5, 0.6) is 5.75 Å². The number of nitrogens with zero attached hydrogens (tertiary/aromatic N) is 1. The number of carbonyl (C=O) groups is 1. The standard InChI is InChI=1S/C11H12N2O5/c1-18-9-5-7(4-8(6-9)13(16)17)12-11(2-3-11)10(14)15/h4-6,12H,2-3H2,1H3,(H,14,15). The summed E-state index contributed by atoms with van der Waals surface area (Å²) in [6, 6.07) is 4.12. The van der Waals surface area contributed by atoms with Crippen LogP contribution in [0, 0.1) is 10.1 Å². The van der Waals surface area contributed by atoms with E-state index in [1.165, 1.54) is 25.3 Å². The van der Waals surface area contributed by atoms with Gasteiger partial charge < -0.3 is 15.2 Å². The molecule has 0 bridgehead atoms. The molecule has 2 rings (SSSR count). The van der Waals surface area contributed by atoms with Gasteiger partial charge in [-0.2, -0.15) is 0 Å². The summed E-state index contributed by atoms with van der Waals surface area (Å²) in [7, 11) is 1.40. The van der Waals surface area contributed by atoms with Gasteiger partial charge in [-0.3, -0.25) is 10.1 Å². The molecule has 7 nitrogen and oxygen atoms in total. The number of rotatable bonds is 5. The van der Waals surface area contributed by atoms with Crippen LogP contribution in [-0.2, 0) is 4.79 Å². The lowest BCUT2D eigenvalue weighted by Gasteiger charge is -2.14. The maximum Gasteiger partial charge on any atom is 0.329 e. The highest BCUT2D eigenvalue weighted by atomic mass is 16.6. The summed E-state index contributed by atoms with van der Waals surface area (Å²) >= 11 is 0. The molecule has 1 saturated carbocycles. The Labute approximate surface area is 103 Å². The number of carboxylic acids is 1. The summed E-state index contributed by atoms with van der Waals surface area (Å²) in [5.74, 6) is -0.638. The Hall–Kier alpha value is -2.31. The second-order valence-corrected chi connectivity index (χ2v) is 4.19. The van der Waals surface area contributed by atoms with Crippen LogP contribution in [0.3, 0.4) is 0 Å². The normalized spacial score (nSPS) is 15.8. The summed E-state index contributed by atoms with van der Waals surface area (Å²) in [6.07, 6.45) is 1.01. The Morgan fingerprint density at radius 2 is 2.17 bits per heavy atom. The van der Waals surface area contributed by atoms with Crippen molar-refractivity contribution in [3.63, 3.8) is 0 Å². The van der Waals surface area contributed by atoms with E-state index >= 15 is 0 Å². The molecule has 1 aromatic carbocycles. The number of non-ortho nitro benzene ring substituents is 1. The molecule has 0 spiro atoms. The van der Waals surface area contributed by atoms with Crippen molar-refractivity contribution in [2.45, 2.75) is 18.4 Å². The van der Waals surface area contributed by atoms with E-state index in [1.54, 1.807) is 0 Å². The lowest BCUT2D eigenvalue weighted by Crippen LogP contribution is -2.31. The van der Waals surface area contributed by atoms with Crippen molar-refractivity contribution in [2.75, 3.05) is 12.4 Å². The molecule has 1 aliphatic rings. The Morgan fingerprint density at radius 1 is 1.50 bits per heavy atom. The molecule has 1 aromatic rings. The van der Waals surface area contributed by atoms with Crippen LogP contribution in [0.25, 0.3) is 0 Å². The zero-order valence-electron chi connectivity index (χ0n) is 9.67. The fourth-order valence-corrected chi connectivity index (χ4v) is 1.67. The number of benzene rings is 1. The molecule has 0 radical (unpaired) electrons. The zero-order valence-corrected chi connectivity index (χ0v) is 9.67. The van der Waals surface area contributed by atoms with Gasteiger partial charge in [-0.15, -0.1) is 0 Å². The molecule has 0 atom stereocenters. The van der Waals surface area contributed by atoms with Crippen LogP contribution in [-0.4, -0.2) is 28.6 Å². The number of carboxylic acid groups (broad SMARTS) is 1. The van der Waals surface area contributed by atoms with Gasteiger partial charge in [0.1, 0.15) is 11.3 Å². The average molecular weight is 252 g/mol. The van der Waals surface area contributed by atoms with Crippen molar-refractivity contribution < 1.29 is 19.6 Å². The largest absolute Gasteiger partial charge is 0.496 e. The van der Waals surface area contributed by atoms with Crippen LogP contribution in [0.15, 0.2) is 18.2 Å². The van der Waals surface area contributed by atoms with Crippen molar-refractivity contribution in [1.82, 2.24) is 0 Å². The molecule has 18 heavy (non-hydrogen) atoms. The molecule has 2 N–H and O–H groups in total. The summed E-state index contributed by atoms with van der Waals surface area (Å²) in [5, 5.41) is 22.6. The van der Waals surface area contributed by atoms with Crippen LogP contribution in [0.4, 0.5) is 11.4 Å². The third-order valence-electron chi connectivity index (χ3n) is 2.88. The number of nitro groups is 1. The zero-order chi connectivity index (χ0) is 13.3. The van der Waals surface area contributed by atoms with Crippen molar-refractivity contribution in [3.05, 3.63) is 28.3 Å². The first-order chi connectivity index (χ1) is 8.47. The Morgan fingerprint density at radius 3 is 2.61 bits per heavy atom. The van der Waals surface area contributed by atoms with Gasteiger partial charge in [0.15, 0.2) is 0 Å². The molecule has 1 fully saturated rings. The fraction of sp³-hybridized carbons (Fsp3) is 0.364. The van der Waals surface area contributed by atoms with E-state index in [2.05, 4.69) is 5.32 Å². The van der Waals surface area contributed by atoms with E-state index in [4.69, 9.17) is 9.84 Å². The van der Waals surface area contributed by atoms with Crippen molar-refractivity contribution in [1.29, 1.82) is 0 Å². The Balaban J connectivity index is 2.30. The van der Waals surface area contributed by atoms with Crippen LogP contribution >= 0.6 is 0 Å². The smallest absolute Gasteiger partial charge is 0.329 e. The van der Waals surface area contributed by atoms with E-state index < -0.39 is 16.4 Å². The summed E-state index contributed by atoms with van der Waals surface area (Å²) in [4.78, 5) is 21.2. The number of ether oxygens (including phenoxy) is 1. The van der Waals surface area contributed by atoms with Crippen molar-refractivity contribution >= 4 is 17.3 Å². The van der Waals surface area contributed by atoms with E-state index in [1.807, 2.05) is 0 Å². The first-order valence-corrected chi connectivity index (χ1v) is 5.32. The average Bonchev–Trinajstić information content (AvgIpc) is 3.09. The molecular formula is C11H12N2O5. The molecule has 0 heterocycles. The lowest BCUT2D eigenvalue weighted by atomic mass is 10.2. The number of hydrogen-bond acceptors (Lipinski definition) is 5. The SMILES string of the molecule is COc1cc(NC2(C(=O)O)CC2)cc([N+](=O)[O-])c1. The number of nitro benzene ring substituents is 1. The highest BCUT2D eigenvalue weighted by Gasteiger charge is 2.50. The third-order valence-corrected chi connectivity index (χ3v) is 2.88. The molecule has 0 aliphatic heterocycles. The summed E-state index contributed by atoms with van der Waals surface area (Å²) in [6.45, 7) is 0. The van der Waals surface area contributed by atoms with Gasteiger partial charge in [0.05, 0.1) is 18.1 Å². The van der Waals surface area contributed by atoms with E-state index in [9.17, 15) is 14.9 Å². The number of anilines is 1. The van der Waals surface area contributed by atoms with Gasteiger partial charge in [-0.1, -0.05) is 0 Å². The highest BCUT2D eigenvalue weighted by Crippen LogP contribution is 2.40. The van der Waals surface area contributed by atoms with Crippen LogP contribution < -0.4 is 10.1 Å². The van der Waals surface area contributed by atoms with E-state index in [0.29, 0.717) is 24.3 Å². The predicted octanol–water partition coefficient (Wildman–Crippen LogP) is 1.63. The number of hydrogen-bond donors (Lipinski definition) is 2. The number of methoxy groups -OCH3 is 1. The quantitative estimate of drug-likeness (QED) is 0.610. The summed E-state index contributed by atoms with van der Waals surface area (Å²) < 4.78 is 4.95. The molecule has 7 heteroatoms. The minimum atomic E-state index is -0.986. The molecule has 0 aromatic heterocycles. The predicted molar refractivity (Wildman–Crippen MR) is 62.9 cm³/mol. The second kappa shape index (κ2) is 4.17. The molecule has 0 amide bonds. The van der Waals surface area contributed by atoms with Gasteiger partial charge >= 0.3 is 5.97 Å². The van der Waals surface area contributed by atoms with Gasteiger partial charge in [0.2, 0.25) is 0 Å². The Kier molecular flexibility index (Phi) is 2.82. The molecule has 96 valence electrons. The molecule has 0 unspecified atom stereocenters. The van der Waals surface area contributed by atoms with Gasteiger partial charge in [0, 0.05) is 17.8 Å². The Bertz CT molecular complexity index is 510. The minimum Gasteiger partial charge on any atom is -0.496 e. The summed E-state index contributed by atoms with van der Waals surface area (Å²) in [5.41, 5.74) is -0.751. The van der Waals surface area contributed by atoms with Crippen molar-refractivity contribution in [2.24, 2.45) is 0 Å². The maximum atomic E-state index is 11.0. The monoisotopic (exact) mass is 252 g/mol. The fourth-order valence-electron chi connectivity index (χ4n) is 1.67. The topological polar surface area (TPSA) is 102 Å². The maximum absolute atomic E-state index is 11.0. The van der Waals surface area contributed by atoms with E-state index in [0.717, 1.165) is 0 Å². The van der Waals surface area contributed by atoms with Crippen LogP contribution in [0.1, 0.15) is 12.8 Å². The molecular weight excluding hydrogens is 240 g/mol. The first-order valence-electron chi connectivity index (χ1n) is 5.32. The molecule has 1 aliphatic carbocycles. The van der Waals surface area contributed by atoms with Crippen molar-refractivity contribution in [3.8, 4) is 5.75 Å². The third kappa shape index (κ3) is 2.20. The van der Waals surface area contributed by atoms with Gasteiger partial charge in [0.25, 0.3) is 5.69 Å². The number of aliphatic carboxylic acids is 1. The van der Waals surface area contributed by atoms with Gasteiger partial charge in [-0.05, 0) is 12.8 Å². The first kappa shape index (κ1) is 12.2. The highest BCUT2D eigenvalue weighted by molar-refractivity contribution is 5.86. The van der Waals surface area contributed by atoms with Crippen LogP contribution in [0.2, 0.25) is 0 Å². The number of nitrogens with one attached hydrogen (secondary N) is 1. The minimum absolute atomic E-state index is 0.141. The van der Waals surface area contributed by atoms with Gasteiger partial charge in [-0.25, -0.2) is 4.79 Å². The van der Waals surface area contributed by atoms with E-state index in [-0.39, 0.29) is 5.69 Å². The second-order valence-electron chi connectivity index (χ2n) is 4.19. The molecule has 0 saturated heterocycles.